The molecule has 0 aliphatic rings. The Bertz CT molecular complexity index is 1120. The Balaban J connectivity index is 0.00000256. The van der Waals surface area contributed by atoms with Crippen molar-refractivity contribution in [2.24, 2.45) is 0 Å². The van der Waals surface area contributed by atoms with E-state index in [0.717, 1.165) is 28.8 Å². The second-order valence-corrected chi connectivity index (χ2v) is 7.83. The third kappa shape index (κ3) is 5.42. The molecule has 0 fully saturated rings. The van der Waals surface area contributed by atoms with Crippen LogP contribution in [-0.2, 0) is 19.6 Å². The molecule has 30 heavy (non-hydrogen) atoms. The maximum absolute atomic E-state index is 13.8. The number of aromatic amines is 1. The first kappa shape index (κ1) is 22.3. The monoisotopic (exact) mass is 488 g/mol. The van der Waals surface area contributed by atoms with Crippen molar-refractivity contribution in [3.63, 3.8) is 0 Å². The zero-order valence-electron chi connectivity index (χ0n) is 16.3. The van der Waals surface area contributed by atoms with Crippen LogP contribution in [0.4, 0.5) is 4.39 Å². The van der Waals surface area contributed by atoms with Crippen LogP contribution in [0.5, 0.6) is 5.75 Å². The van der Waals surface area contributed by atoms with Gasteiger partial charge < -0.3 is 15.0 Å². The fourth-order valence-electron chi connectivity index (χ4n) is 3.38. The van der Waals surface area contributed by atoms with Crippen LogP contribution in [0, 0.1) is 5.82 Å². The normalized spacial score (nSPS) is 10.7. The van der Waals surface area contributed by atoms with Gasteiger partial charge in [0, 0.05) is 39.2 Å². The number of ether oxygens (including phenoxy) is 1. The molecule has 0 saturated heterocycles. The highest BCUT2D eigenvalue weighted by atomic mass is 79.9. The molecule has 0 aliphatic carbocycles. The molecule has 156 valence electrons. The van der Waals surface area contributed by atoms with Crippen LogP contribution in [-0.4, -0.2) is 11.5 Å². The summed E-state index contributed by atoms with van der Waals surface area (Å²) >= 11 is 3.52. The Kier molecular flexibility index (Phi) is 7.91. The minimum Gasteiger partial charge on any atom is -0.488 e. The minimum absolute atomic E-state index is 0. The number of H-pyrrole nitrogens is 1. The van der Waals surface area contributed by atoms with E-state index in [1.165, 1.54) is 22.5 Å². The molecule has 1 heterocycles. The largest absolute Gasteiger partial charge is 0.488 e. The highest BCUT2D eigenvalue weighted by Gasteiger charge is 2.08. The van der Waals surface area contributed by atoms with Crippen LogP contribution in [0.25, 0.3) is 10.9 Å². The van der Waals surface area contributed by atoms with Crippen molar-refractivity contribution < 1.29 is 9.13 Å². The molecule has 6 heteroatoms. The molecule has 2 N–H and O–H groups in total. The van der Waals surface area contributed by atoms with Gasteiger partial charge in [-0.2, -0.15) is 0 Å². The Labute approximate surface area is 190 Å². The number of rotatable bonds is 8. The van der Waals surface area contributed by atoms with E-state index in [9.17, 15) is 4.39 Å². The first-order valence-electron chi connectivity index (χ1n) is 9.61. The van der Waals surface area contributed by atoms with Crippen LogP contribution in [0.2, 0.25) is 0 Å². The number of nitrogens with one attached hydrogen (secondary N) is 2. The van der Waals surface area contributed by atoms with E-state index in [1.807, 2.05) is 30.3 Å². The average Bonchev–Trinajstić information content (AvgIpc) is 3.15. The summed E-state index contributed by atoms with van der Waals surface area (Å²) in [6, 6.07) is 20.9. The fourth-order valence-corrected chi connectivity index (χ4v) is 3.79. The summed E-state index contributed by atoms with van der Waals surface area (Å²) in [6.07, 6.45) is 3.01. The van der Waals surface area contributed by atoms with Crippen LogP contribution in [0.1, 0.15) is 16.7 Å². The molecule has 4 rings (SSSR count). The van der Waals surface area contributed by atoms with Gasteiger partial charge >= 0.3 is 0 Å². The van der Waals surface area contributed by atoms with Crippen molar-refractivity contribution in [3.05, 3.63) is 99.9 Å². The number of aromatic nitrogens is 1. The van der Waals surface area contributed by atoms with Crippen molar-refractivity contribution in [1.29, 1.82) is 0 Å². The third-order valence-corrected chi connectivity index (χ3v) is 5.42. The number of halogens is 3. The van der Waals surface area contributed by atoms with E-state index in [-0.39, 0.29) is 24.8 Å². The summed E-state index contributed by atoms with van der Waals surface area (Å²) in [4.78, 5) is 3.32. The lowest BCUT2D eigenvalue weighted by Gasteiger charge is -2.13. The van der Waals surface area contributed by atoms with Crippen LogP contribution < -0.4 is 10.1 Å². The van der Waals surface area contributed by atoms with E-state index >= 15 is 0 Å². The van der Waals surface area contributed by atoms with Gasteiger partial charge in [0.05, 0.1) is 0 Å². The highest BCUT2D eigenvalue weighted by Crippen LogP contribution is 2.25. The van der Waals surface area contributed by atoms with Crippen molar-refractivity contribution in [1.82, 2.24) is 10.3 Å². The lowest BCUT2D eigenvalue weighted by molar-refractivity contribution is 0.296. The standard InChI is InChI=1S/C24H22BrFN2O.ClH/c25-20-9-10-24(29-16-18-5-1-3-7-22(18)26)19(13-20)14-27-12-11-17-15-28-23-8-4-2-6-21(17)23;/h1-10,13,15,27-28H,11-12,14,16H2;1H. The Morgan fingerprint density at radius 3 is 2.60 bits per heavy atom. The second kappa shape index (κ2) is 10.6. The van der Waals surface area contributed by atoms with Crippen molar-refractivity contribution in [2.75, 3.05) is 6.54 Å². The number of hydrogen-bond donors (Lipinski definition) is 2. The second-order valence-electron chi connectivity index (χ2n) is 6.92. The molecule has 0 saturated carbocycles. The van der Waals surface area contributed by atoms with Crippen LogP contribution in [0.15, 0.2) is 77.4 Å². The molecule has 3 aromatic carbocycles. The fraction of sp³-hybridized carbons (Fsp3) is 0.167. The predicted molar refractivity (Wildman–Crippen MR) is 126 cm³/mol. The van der Waals surface area contributed by atoms with Gasteiger partial charge in [0.2, 0.25) is 0 Å². The van der Waals surface area contributed by atoms with Crippen molar-refractivity contribution in [3.8, 4) is 5.75 Å². The number of hydrogen-bond acceptors (Lipinski definition) is 2. The Morgan fingerprint density at radius 2 is 1.73 bits per heavy atom. The molecule has 3 nitrogen and oxygen atoms in total. The number of benzene rings is 3. The molecular weight excluding hydrogens is 467 g/mol. The molecule has 4 aromatic rings. The van der Waals surface area contributed by atoms with Crippen molar-refractivity contribution in [2.45, 2.75) is 19.6 Å². The van der Waals surface area contributed by atoms with Crippen molar-refractivity contribution >= 4 is 39.2 Å². The SMILES string of the molecule is Cl.Fc1ccccc1COc1ccc(Br)cc1CNCCc1c[nH]c2ccccc12. The first-order valence-corrected chi connectivity index (χ1v) is 10.4. The zero-order chi connectivity index (χ0) is 20.1. The summed E-state index contributed by atoms with van der Waals surface area (Å²) in [5.74, 6) is 0.513. The predicted octanol–water partition coefficient (Wildman–Crippen LogP) is 6.40. The van der Waals surface area contributed by atoms with E-state index < -0.39 is 0 Å². The Hall–Kier alpha value is -2.34. The molecule has 0 radical (unpaired) electrons. The maximum atomic E-state index is 13.8. The minimum atomic E-state index is -0.247. The lowest BCUT2D eigenvalue weighted by Crippen LogP contribution is -2.17. The molecule has 0 unspecified atom stereocenters. The van der Waals surface area contributed by atoms with Gasteiger partial charge in [-0.3, -0.25) is 0 Å². The summed E-state index contributed by atoms with van der Waals surface area (Å²) in [5, 5.41) is 4.76. The van der Waals surface area contributed by atoms with Gasteiger partial charge in [0.1, 0.15) is 18.2 Å². The van der Waals surface area contributed by atoms with E-state index in [4.69, 9.17) is 4.74 Å². The Morgan fingerprint density at radius 1 is 0.933 bits per heavy atom. The summed E-state index contributed by atoms with van der Waals surface area (Å²) in [7, 11) is 0. The summed E-state index contributed by atoms with van der Waals surface area (Å²) in [6.45, 7) is 1.73. The topological polar surface area (TPSA) is 37.0 Å². The molecule has 0 atom stereocenters. The van der Waals surface area contributed by atoms with E-state index in [0.29, 0.717) is 12.1 Å². The van der Waals surface area contributed by atoms with Gasteiger partial charge in [0.25, 0.3) is 0 Å². The number of fused-ring (bicyclic) bond motifs is 1. The van der Waals surface area contributed by atoms with Gasteiger partial charge in [-0.1, -0.05) is 52.3 Å². The van der Waals surface area contributed by atoms with Gasteiger partial charge in [-0.05, 0) is 48.9 Å². The molecule has 0 spiro atoms. The first-order chi connectivity index (χ1) is 14.2. The molecular formula is C24H23BrClFN2O. The number of para-hydroxylation sites is 1. The van der Waals surface area contributed by atoms with Gasteiger partial charge in [-0.15, -0.1) is 12.4 Å². The summed E-state index contributed by atoms with van der Waals surface area (Å²) in [5.41, 5.74) is 4.06. The van der Waals surface area contributed by atoms with E-state index in [1.54, 1.807) is 12.1 Å². The molecule has 1 aromatic heterocycles. The molecule has 0 amide bonds. The smallest absolute Gasteiger partial charge is 0.129 e. The average molecular weight is 490 g/mol. The maximum Gasteiger partial charge on any atom is 0.129 e. The van der Waals surface area contributed by atoms with Gasteiger partial charge in [0.15, 0.2) is 0 Å². The van der Waals surface area contributed by atoms with Gasteiger partial charge in [-0.25, -0.2) is 4.39 Å². The van der Waals surface area contributed by atoms with Crippen LogP contribution in [0.3, 0.4) is 0 Å². The third-order valence-electron chi connectivity index (χ3n) is 4.93. The highest BCUT2D eigenvalue weighted by molar-refractivity contribution is 9.10. The molecule has 0 aliphatic heterocycles. The quantitative estimate of drug-likeness (QED) is 0.281. The summed E-state index contributed by atoms with van der Waals surface area (Å²) < 4.78 is 20.8. The van der Waals surface area contributed by atoms with Crippen LogP contribution >= 0.6 is 28.3 Å². The van der Waals surface area contributed by atoms with E-state index in [2.05, 4.69) is 50.6 Å². The zero-order valence-corrected chi connectivity index (χ0v) is 18.7. The lowest BCUT2D eigenvalue weighted by atomic mass is 10.1. The molecule has 0 bridgehead atoms.